The van der Waals surface area contributed by atoms with Crippen LogP contribution in [0.4, 0.5) is 4.39 Å². The van der Waals surface area contributed by atoms with Gasteiger partial charge in [0.25, 0.3) is 0 Å². The molecule has 10 heavy (non-hydrogen) atoms. The second-order valence-corrected chi connectivity index (χ2v) is 2.36. The van der Waals surface area contributed by atoms with Crippen molar-refractivity contribution in [3.05, 3.63) is 0 Å². The number of nitriles is 1. The Hall–Kier alpha value is -0.330. The van der Waals surface area contributed by atoms with Crippen LogP contribution in [-0.4, -0.2) is 18.8 Å². The molecule has 1 aliphatic rings. The Morgan fingerprint density at radius 1 is 1.60 bits per heavy atom. The van der Waals surface area contributed by atoms with E-state index >= 15 is 0 Å². The fourth-order valence-corrected chi connectivity index (χ4v) is 0.964. The predicted molar refractivity (Wildman–Crippen MR) is 38.8 cm³/mol. The molecule has 0 aromatic carbocycles. The lowest BCUT2D eigenvalue weighted by Gasteiger charge is -2.22. The van der Waals surface area contributed by atoms with Gasteiger partial charge in [-0.05, 0) is 19.4 Å². The molecule has 1 unspecified atom stereocenters. The second-order valence-electron chi connectivity index (χ2n) is 2.36. The predicted octanol–water partition coefficient (Wildman–Crippen LogP) is 1.02. The minimum Gasteiger partial charge on any atom is -0.313 e. The molecule has 4 heteroatoms. The van der Waals surface area contributed by atoms with E-state index < -0.39 is 5.67 Å². The van der Waals surface area contributed by atoms with Crippen molar-refractivity contribution in [2.24, 2.45) is 0 Å². The van der Waals surface area contributed by atoms with E-state index in [0.29, 0.717) is 6.42 Å². The number of nitrogens with one attached hydrogen (secondary N) is 1. The van der Waals surface area contributed by atoms with Gasteiger partial charge in [-0.15, -0.1) is 12.4 Å². The monoisotopic (exact) mass is 164 g/mol. The van der Waals surface area contributed by atoms with E-state index in [1.807, 2.05) is 0 Å². The van der Waals surface area contributed by atoms with Crippen LogP contribution in [0.2, 0.25) is 0 Å². The molecule has 0 aromatic heterocycles. The zero-order valence-electron chi connectivity index (χ0n) is 5.56. The first-order valence-corrected chi connectivity index (χ1v) is 3.08. The van der Waals surface area contributed by atoms with Crippen LogP contribution in [0.25, 0.3) is 0 Å². The largest absolute Gasteiger partial charge is 0.313 e. The Balaban J connectivity index is 0.000000810. The van der Waals surface area contributed by atoms with Gasteiger partial charge >= 0.3 is 0 Å². The molecule has 1 aliphatic heterocycles. The van der Waals surface area contributed by atoms with E-state index in [1.54, 1.807) is 6.07 Å². The minimum atomic E-state index is -1.59. The van der Waals surface area contributed by atoms with Gasteiger partial charge < -0.3 is 5.32 Å². The van der Waals surface area contributed by atoms with Crippen molar-refractivity contribution >= 4 is 12.4 Å². The molecule has 0 bridgehead atoms. The Labute approximate surface area is 65.8 Å². The quantitative estimate of drug-likeness (QED) is 0.581. The standard InChI is InChI=1S/C6H9FN2.ClH/c7-6(4-8)2-1-3-9-5-6;/h9H,1-3,5H2;1H. The third-order valence-corrected chi connectivity index (χ3v) is 1.53. The molecule has 1 atom stereocenters. The molecule has 1 saturated heterocycles. The van der Waals surface area contributed by atoms with E-state index in [2.05, 4.69) is 5.32 Å². The Bertz CT molecular complexity index is 137. The molecule has 0 radical (unpaired) electrons. The topological polar surface area (TPSA) is 35.8 Å². The molecule has 1 N–H and O–H groups in total. The third kappa shape index (κ3) is 2.13. The average Bonchev–Trinajstić information content (AvgIpc) is 1.90. The van der Waals surface area contributed by atoms with Crippen LogP contribution in [0, 0.1) is 11.3 Å². The number of nitrogens with zero attached hydrogens (tertiary/aromatic N) is 1. The van der Waals surface area contributed by atoms with Crippen LogP contribution in [0.1, 0.15) is 12.8 Å². The lowest BCUT2D eigenvalue weighted by molar-refractivity contribution is 0.187. The molecule has 58 valence electrons. The van der Waals surface area contributed by atoms with Crippen LogP contribution in [0.15, 0.2) is 0 Å². The normalized spacial score (nSPS) is 32.0. The lowest BCUT2D eigenvalue weighted by atomic mass is 9.98. The maximum absolute atomic E-state index is 12.9. The highest BCUT2D eigenvalue weighted by Gasteiger charge is 2.30. The minimum absolute atomic E-state index is 0. The number of alkyl halides is 1. The maximum Gasteiger partial charge on any atom is 0.208 e. The zero-order chi connectivity index (χ0) is 6.74. The summed E-state index contributed by atoms with van der Waals surface area (Å²) >= 11 is 0. The first-order chi connectivity index (χ1) is 4.27. The van der Waals surface area contributed by atoms with Crippen LogP contribution in [-0.2, 0) is 0 Å². The average molecular weight is 165 g/mol. The highest BCUT2D eigenvalue weighted by atomic mass is 35.5. The van der Waals surface area contributed by atoms with Crippen molar-refractivity contribution < 1.29 is 4.39 Å². The summed E-state index contributed by atoms with van der Waals surface area (Å²) in [6.07, 6.45) is 1.15. The molecular formula is C6H10ClFN2. The molecule has 0 saturated carbocycles. The van der Waals surface area contributed by atoms with E-state index in [0.717, 1.165) is 13.0 Å². The number of rotatable bonds is 0. The molecule has 0 aliphatic carbocycles. The van der Waals surface area contributed by atoms with Gasteiger partial charge in [0.05, 0.1) is 0 Å². The summed E-state index contributed by atoms with van der Waals surface area (Å²) in [5.41, 5.74) is -1.59. The summed E-state index contributed by atoms with van der Waals surface area (Å²) in [6, 6.07) is 1.65. The highest BCUT2D eigenvalue weighted by molar-refractivity contribution is 5.85. The van der Waals surface area contributed by atoms with Crippen molar-refractivity contribution in [1.82, 2.24) is 5.32 Å². The van der Waals surface area contributed by atoms with Gasteiger partial charge in [0.2, 0.25) is 5.67 Å². The molecule has 1 fully saturated rings. The van der Waals surface area contributed by atoms with Gasteiger partial charge in [0, 0.05) is 6.54 Å². The highest BCUT2D eigenvalue weighted by Crippen LogP contribution is 2.18. The summed E-state index contributed by atoms with van der Waals surface area (Å²) in [5.74, 6) is 0. The molecule has 2 nitrogen and oxygen atoms in total. The van der Waals surface area contributed by atoms with Gasteiger partial charge in [-0.2, -0.15) is 5.26 Å². The van der Waals surface area contributed by atoms with Crippen molar-refractivity contribution in [2.75, 3.05) is 13.1 Å². The first kappa shape index (κ1) is 9.67. The fraction of sp³-hybridized carbons (Fsp3) is 0.833. The summed E-state index contributed by atoms with van der Waals surface area (Å²) in [6.45, 7) is 1.04. The summed E-state index contributed by atoms with van der Waals surface area (Å²) < 4.78 is 12.9. The number of hydrogen-bond acceptors (Lipinski definition) is 2. The van der Waals surface area contributed by atoms with E-state index in [4.69, 9.17) is 5.26 Å². The molecule has 1 heterocycles. The summed E-state index contributed by atoms with van der Waals surface area (Å²) in [4.78, 5) is 0. The SMILES string of the molecule is Cl.N#CC1(F)CCCNC1. The van der Waals surface area contributed by atoms with Crippen LogP contribution >= 0.6 is 12.4 Å². The van der Waals surface area contributed by atoms with Crippen LogP contribution < -0.4 is 5.32 Å². The number of hydrogen-bond donors (Lipinski definition) is 1. The third-order valence-electron chi connectivity index (χ3n) is 1.53. The van der Waals surface area contributed by atoms with Crippen molar-refractivity contribution in [1.29, 1.82) is 5.26 Å². The summed E-state index contributed by atoms with van der Waals surface area (Å²) in [7, 11) is 0. The van der Waals surface area contributed by atoms with Gasteiger partial charge in [-0.25, -0.2) is 4.39 Å². The van der Waals surface area contributed by atoms with Gasteiger partial charge in [0.1, 0.15) is 6.07 Å². The van der Waals surface area contributed by atoms with Crippen molar-refractivity contribution in [3.63, 3.8) is 0 Å². The smallest absolute Gasteiger partial charge is 0.208 e. The van der Waals surface area contributed by atoms with Crippen molar-refractivity contribution in [2.45, 2.75) is 18.5 Å². The van der Waals surface area contributed by atoms with Crippen molar-refractivity contribution in [3.8, 4) is 6.07 Å². The molecule has 0 amide bonds. The van der Waals surface area contributed by atoms with E-state index in [9.17, 15) is 4.39 Å². The number of halogens is 2. The molecule has 0 spiro atoms. The Morgan fingerprint density at radius 3 is 2.60 bits per heavy atom. The summed E-state index contributed by atoms with van der Waals surface area (Å²) in [5, 5.41) is 11.1. The zero-order valence-corrected chi connectivity index (χ0v) is 6.38. The molecular weight excluding hydrogens is 155 g/mol. The molecule has 1 rings (SSSR count). The Morgan fingerprint density at radius 2 is 2.30 bits per heavy atom. The van der Waals surface area contributed by atoms with E-state index in [-0.39, 0.29) is 19.0 Å². The van der Waals surface area contributed by atoms with Crippen LogP contribution in [0.3, 0.4) is 0 Å². The maximum atomic E-state index is 12.9. The molecule has 0 aromatic rings. The number of piperidine rings is 1. The van der Waals surface area contributed by atoms with Gasteiger partial charge in [-0.1, -0.05) is 0 Å². The van der Waals surface area contributed by atoms with Gasteiger partial charge in [-0.3, -0.25) is 0 Å². The van der Waals surface area contributed by atoms with E-state index in [1.165, 1.54) is 0 Å². The second kappa shape index (κ2) is 3.75. The van der Waals surface area contributed by atoms with Crippen LogP contribution in [0.5, 0.6) is 0 Å². The fourth-order valence-electron chi connectivity index (χ4n) is 0.964. The first-order valence-electron chi connectivity index (χ1n) is 3.08. The lowest BCUT2D eigenvalue weighted by Crippen LogP contribution is -2.40. The Kier molecular flexibility index (Phi) is 3.62. The van der Waals surface area contributed by atoms with Gasteiger partial charge in [0.15, 0.2) is 0 Å².